The highest BCUT2D eigenvalue weighted by Gasteiger charge is 2.16. The molecule has 2 amide bonds. The van der Waals surface area contributed by atoms with Crippen LogP contribution in [0.1, 0.15) is 5.82 Å². The molecule has 2 N–H and O–H groups in total. The van der Waals surface area contributed by atoms with Crippen LogP contribution in [0.4, 0.5) is 11.4 Å². The summed E-state index contributed by atoms with van der Waals surface area (Å²) in [5.74, 6) is 0.146. The average molecular weight is 529 g/mol. The van der Waals surface area contributed by atoms with E-state index in [4.69, 9.17) is 23.2 Å². The minimum Gasteiger partial charge on any atom is -0.325 e. The van der Waals surface area contributed by atoms with Crippen molar-refractivity contribution >= 4 is 74.1 Å². The molecule has 0 saturated heterocycles. The number of thioether (sulfide) groups is 1. The summed E-state index contributed by atoms with van der Waals surface area (Å²) < 4.78 is 2.61. The molecule has 0 aliphatic rings. The molecule has 1 heterocycles. The molecule has 30 heavy (non-hydrogen) atoms. The van der Waals surface area contributed by atoms with Crippen molar-refractivity contribution in [2.24, 2.45) is 7.05 Å². The quantitative estimate of drug-likeness (QED) is 0.430. The van der Waals surface area contributed by atoms with Gasteiger partial charge in [-0.05, 0) is 36.4 Å². The van der Waals surface area contributed by atoms with Crippen molar-refractivity contribution < 1.29 is 9.59 Å². The van der Waals surface area contributed by atoms with Crippen LogP contribution in [0.2, 0.25) is 10.0 Å². The van der Waals surface area contributed by atoms with E-state index in [-0.39, 0.29) is 29.0 Å². The van der Waals surface area contributed by atoms with E-state index in [0.717, 1.165) is 4.47 Å². The Morgan fingerprint density at radius 1 is 1.07 bits per heavy atom. The molecule has 0 aliphatic heterocycles. The van der Waals surface area contributed by atoms with Gasteiger partial charge in [-0.1, -0.05) is 57.0 Å². The number of rotatable bonds is 7. The van der Waals surface area contributed by atoms with E-state index in [1.807, 2.05) is 12.1 Å². The number of benzene rings is 2. The van der Waals surface area contributed by atoms with Crippen molar-refractivity contribution in [1.29, 1.82) is 0 Å². The SMILES string of the molecule is Cn1c(CC(=O)Nc2cccc(Cl)c2Cl)nnc1SCC(=O)Nc1ccc(Br)cc1. The molecule has 1 aromatic heterocycles. The minimum absolute atomic E-state index is 0.00199. The summed E-state index contributed by atoms with van der Waals surface area (Å²) in [5.41, 5.74) is 1.13. The second kappa shape index (κ2) is 10.3. The lowest BCUT2D eigenvalue weighted by molar-refractivity contribution is -0.116. The molecule has 0 radical (unpaired) electrons. The predicted octanol–water partition coefficient (Wildman–Crippen LogP) is 4.80. The third-order valence-corrected chi connectivity index (χ3v) is 6.30. The van der Waals surface area contributed by atoms with Crippen LogP contribution in [-0.4, -0.2) is 32.3 Å². The first kappa shape index (κ1) is 22.6. The number of carbonyl (C=O) groups excluding carboxylic acids is 2. The fourth-order valence-corrected chi connectivity index (χ4v) is 3.77. The number of aromatic nitrogens is 3. The average Bonchev–Trinajstić information content (AvgIpc) is 3.05. The second-order valence-electron chi connectivity index (χ2n) is 6.13. The maximum atomic E-state index is 12.3. The van der Waals surface area contributed by atoms with Crippen molar-refractivity contribution in [3.8, 4) is 0 Å². The third-order valence-electron chi connectivity index (χ3n) is 3.93. The largest absolute Gasteiger partial charge is 0.325 e. The minimum atomic E-state index is -0.306. The highest BCUT2D eigenvalue weighted by Crippen LogP contribution is 2.29. The van der Waals surface area contributed by atoms with Gasteiger partial charge in [0, 0.05) is 17.2 Å². The lowest BCUT2D eigenvalue weighted by Gasteiger charge is -2.08. The second-order valence-corrected chi connectivity index (χ2v) is 8.77. The topological polar surface area (TPSA) is 88.9 Å². The summed E-state index contributed by atoms with van der Waals surface area (Å²) in [4.78, 5) is 24.5. The summed E-state index contributed by atoms with van der Waals surface area (Å²) in [6.45, 7) is 0. The molecule has 2 aromatic carbocycles. The molecule has 7 nitrogen and oxygen atoms in total. The molecule has 0 fully saturated rings. The standard InChI is InChI=1S/C19H16BrCl2N5O2S/c1-27-15(9-16(28)24-14-4-2-3-13(21)18(14)22)25-26-19(27)30-10-17(29)23-12-7-5-11(20)6-8-12/h2-8H,9-10H2,1H3,(H,23,29)(H,24,28). The molecular weight excluding hydrogens is 513 g/mol. The van der Waals surface area contributed by atoms with Gasteiger partial charge in [0.15, 0.2) is 5.16 Å². The molecule has 0 unspecified atom stereocenters. The van der Waals surface area contributed by atoms with Crippen molar-refractivity contribution in [1.82, 2.24) is 14.8 Å². The van der Waals surface area contributed by atoms with Gasteiger partial charge in [0.25, 0.3) is 0 Å². The fourth-order valence-electron chi connectivity index (χ4n) is 2.42. The van der Waals surface area contributed by atoms with E-state index in [2.05, 4.69) is 36.8 Å². The molecule has 3 aromatic rings. The van der Waals surface area contributed by atoms with Crippen LogP contribution < -0.4 is 10.6 Å². The predicted molar refractivity (Wildman–Crippen MR) is 123 cm³/mol. The molecule has 0 aliphatic carbocycles. The van der Waals surface area contributed by atoms with Crippen LogP contribution in [0.15, 0.2) is 52.1 Å². The number of nitrogens with one attached hydrogen (secondary N) is 2. The monoisotopic (exact) mass is 527 g/mol. The van der Waals surface area contributed by atoms with E-state index in [0.29, 0.717) is 27.4 Å². The Morgan fingerprint density at radius 2 is 1.80 bits per heavy atom. The van der Waals surface area contributed by atoms with Gasteiger partial charge in [0.1, 0.15) is 5.82 Å². The maximum absolute atomic E-state index is 12.3. The Balaban J connectivity index is 1.55. The highest BCUT2D eigenvalue weighted by atomic mass is 79.9. The summed E-state index contributed by atoms with van der Waals surface area (Å²) in [6.07, 6.45) is -0.00199. The van der Waals surface area contributed by atoms with Crippen molar-refractivity contribution in [2.75, 3.05) is 16.4 Å². The summed E-state index contributed by atoms with van der Waals surface area (Å²) in [5, 5.41) is 14.8. The molecule has 0 spiro atoms. The zero-order valence-corrected chi connectivity index (χ0v) is 19.6. The zero-order valence-electron chi connectivity index (χ0n) is 15.7. The van der Waals surface area contributed by atoms with Gasteiger partial charge in [0.05, 0.1) is 27.9 Å². The van der Waals surface area contributed by atoms with Crippen molar-refractivity contribution in [3.05, 3.63) is 62.8 Å². The zero-order chi connectivity index (χ0) is 21.7. The number of amides is 2. The number of hydrogen-bond donors (Lipinski definition) is 2. The van der Waals surface area contributed by atoms with Gasteiger partial charge in [-0.2, -0.15) is 0 Å². The van der Waals surface area contributed by atoms with Gasteiger partial charge >= 0.3 is 0 Å². The van der Waals surface area contributed by atoms with E-state index in [9.17, 15) is 9.59 Å². The normalized spacial score (nSPS) is 10.7. The van der Waals surface area contributed by atoms with Crippen molar-refractivity contribution in [3.63, 3.8) is 0 Å². The lowest BCUT2D eigenvalue weighted by atomic mass is 10.3. The Kier molecular flexibility index (Phi) is 7.76. The summed E-state index contributed by atoms with van der Waals surface area (Å²) in [6, 6.07) is 12.3. The summed E-state index contributed by atoms with van der Waals surface area (Å²) >= 11 is 16.6. The van der Waals surface area contributed by atoms with E-state index in [1.54, 1.807) is 41.9 Å². The van der Waals surface area contributed by atoms with Gasteiger partial charge < -0.3 is 15.2 Å². The van der Waals surface area contributed by atoms with E-state index in [1.165, 1.54) is 11.8 Å². The first-order valence-electron chi connectivity index (χ1n) is 8.64. The number of nitrogens with zero attached hydrogens (tertiary/aromatic N) is 3. The fraction of sp³-hybridized carbons (Fsp3) is 0.158. The highest BCUT2D eigenvalue weighted by molar-refractivity contribution is 9.10. The molecular formula is C19H16BrCl2N5O2S. The number of halogens is 3. The lowest BCUT2D eigenvalue weighted by Crippen LogP contribution is -2.17. The van der Waals surface area contributed by atoms with Gasteiger partial charge in [0.2, 0.25) is 11.8 Å². The third kappa shape index (κ3) is 5.98. The van der Waals surface area contributed by atoms with Crippen LogP contribution in [-0.2, 0) is 23.1 Å². The van der Waals surface area contributed by atoms with E-state index < -0.39 is 0 Å². The number of carbonyl (C=O) groups is 2. The first-order valence-corrected chi connectivity index (χ1v) is 11.2. The molecule has 0 bridgehead atoms. The summed E-state index contributed by atoms with van der Waals surface area (Å²) in [7, 11) is 1.74. The molecule has 0 saturated carbocycles. The first-order chi connectivity index (χ1) is 14.3. The maximum Gasteiger partial charge on any atom is 0.234 e. The Hall–Kier alpha value is -2.07. The van der Waals surface area contributed by atoms with Gasteiger partial charge in [-0.25, -0.2) is 0 Å². The van der Waals surface area contributed by atoms with Crippen LogP contribution >= 0.6 is 50.9 Å². The Labute approximate surface area is 195 Å². The number of anilines is 2. The van der Waals surface area contributed by atoms with Crippen LogP contribution in [0.25, 0.3) is 0 Å². The molecule has 0 atom stereocenters. The molecule has 3 rings (SSSR count). The van der Waals surface area contributed by atoms with Crippen molar-refractivity contribution in [2.45, 2.75) is 11.6 Å². The van der Waals surface area contributed by atoms with Crippen LogP contribution in [0, 0.1) is 0 Å². The van der Waals surface area contributed by atoms with Gasteiger partial charge in [-0.15, -0.1) is 10.2 Å². The van der Waals surface area contributed by atoms with E-state index >= 15 is 0 Å². The Bertz CT molecular complexity index is 1080. The molecule has 11 heteroatoms. The van der Waals surface area contributed by atoms with Gasteiger partial charge in [-0.3, -0.25) is 9.59 Å². The Morgan fingerprint density at radius 3 is 2.53 bits per heavy atom. The number of hydrogen-bond acceptors (Lipinski definition) is 5. The van der Waals surface area contributed by atoms with Crippen LogP contribution in [0.5, 0.6) is 0 Å². The smallest absolute Gasteiger partial charge is 0.234 e. The molecule has 156 valence electrons. The van der Waals surface area contributed by atoms with Crippen LogP contribution in [0.3, 0.4) is 0 Å².